The molecule has 0 bridgehead atoms. The van der Waals surface area contributed by atoms with Gasteiger partial charge in [0.2, 0.25) is 0 Å². The molecule has 2 heterocycles. The summed E-state index contributed by atoms with van der Waals surface area (Å²) in [5.41, 5.74) is 2.40. The Labute approximate surface area is 142 Å². The first-order valence-electron chi connectivity index (χ1n) is 8.47. The Bertz CT molecular complexity index is 660. The summed E-state index contributed by atoms with van der Waals surface area (Å²) in [4.78, 5) is 14.3. The Morgan fingerprint density at radius 3 is 2.54 bits per heavy atom. The highest BCUT2D eigenvalue weighted by Crippen LogP contribution is 2.13. The largest absolute Gasteiger partial charge is 0.360 e. The monoisotopic (exact) mass is 328 g/mol. The number of hydrogen-bond donors (Lipinski definition) is 2. The molecule has 128 valence electrons. The lowest BCUT2D eigenvalue weighted by Crippen LogP contribution is -2.29. The number of aryl methyl sites for hydroxylation is 1. The fourth-order valence-electron chi connectivity index (χ4n) is 2.91. The van der Waals surface area contributed by atoms with Gasteiger partial charge in [0.1, 0.15) is 5.76 Å². The second-order valence-corrected chi connectivity index (χ2v) is 6.28. The lowest BCUT2D eigenvalue weighted by atomic mass is 10.1. The number of nitrogens with zero attached hydrogens (tertiary/aromatic N) is 2. The van der Waals surface area contributed by atoms with E-state index in [9.17, 15) is 4.79 Å². The van der Waals surface area contributed by atoms with Crippen molar-refractivity contribution in [2.24, 2.45) is 0 Å². The summed E-state index contributed by atoms with van der Waals surface area (Å²) in [6, 6.07) is 9.81. The van der Waals surface area contributed by atoms with Crippen LogP contribution in [-0.2, 0) is 13.1 Å². The van der Waals surface area contributed by atoms with Gasteiger partial charge in [-0.15, -0.1) is 0 Å². The first kappa shape index (κ1) is 16.5. The summed E-state index contributed by atoms with van der Waals surface area (Å²) in [5, 5.41) is 9.18. The minimum atomic E-state index is -0.291. The third kappa shape index (κ3) is 4.83. The van der Waals surface area contributed by atoms with E-state index in [0.717, 1.165) is 12.1 Å². The molecule has 2 amide bonds. The summed E-state index contributed by atoms with van der Waals surface area (Å²) in [5.74, 6) is 1.08. The number of anilines is 1. The van der Waals surface area contributed by atoms with Crippen LogP contribution >= 0.6 is 0 Å². The molecule has 0 spiro atoms. The summed E-state index contributed by atoms with van der Waals surface area (Å²) in [6.45, 7) is 5.67. The number of nitrogens with one attached hydrogen (secondary N) is 2. The van der Waals surface area contributed by atoms with Crippen LogP contribution in [0, 0.1) is 6.92 Å². The number of hydrogen-bond acceptors (Lipinski definition) is 4. The fraction of sp³-hybridized carbons (Fsp3) is 0.444. The molecule has 0 radical (unpaired) electrons. The number of urea groups is 1. The lowest BCUT2D eigenvalue weighted by Gasteiger charge is -2.26. The molecule has 1 fully saturated rings. The van der Waals surface area contributed by atoms with Gasteiger partial charge in [0.05, 0.1) is 0 Å². The number of benzene rings is 1. The van der Waals surface area contributed by atoms with Gasteiger partial charge in [-0.1, -0.05) is 35.8 Å². The SMILES string of the molecule is Cc1cc(NC(=O)NCc2ccc(CN3CCCCC3)cc2)no1. The quantitative estimate of drug-likeness (QED) is 0.883. The van der Waals surface area contributed by atoms with Crippen LogP contribution in [0.25, 0.3) is 0 Å². The van der Waals surface area contributed by atoms with Crippen LogP contribution in [-0.4, -0.2) is 29.2 Å². The molecule has 1 aliphatic rings. The standard InChI is InChI=1S/C18H24N4O2/c1-14-11-17(21-24-14)20-18(23)19-12-15-5-7-16(8-6-15)13-22-9-3-2-4-10-22/h5-8,11H,2-4,9-10,12-13H2,1H3,(H2,19,20,21,23). The van der Waals surface area contributed by atoms with Crippen molar-refractivity contribution in [3.05, 3.63) is 47.2 Å². The van der Waals surface area contributed by atoms with Crippen molar-refractivity contribution in [1.82, 2.24) is 15.4 Å². The topological polar surface area (TPSA) is 70.4 Å². The minimum absolute atomic E-state index is 0.291. The van der Waals surface area contributed by atoms with Gasteiger partial charge in [-0.3, -0.25) is 10.2 Å². The van der Waals surface area contributed by atoms with E-state index in [1.165, 1.54) is 37.9 Å². The average Bonchev–Trinajstić information content (AvgIpc) is 3.00. The molecule has 0 aliphatic carbocycles. The van der Waals surface area contributed by atoms with Gasteiger partial charge in [-0.05, 0) is 44.0 Å². The molecule has 6 nitrogen and oxygen atoms in total. The van der Waals surface area contributed by atoms with Crippen LogP contribution in [0.15, 0.2) is 34.9 Å². The summed E-state index contributed by atoms with van der Waals surface area (Å²) in [7, 11) is 0. The maximum absolute atomic E-state index is 11.8. The van der Waals surface area contributed by atoms with Crippen molar-refractivity contribution < 1.29 is 9.32 Å². The number of likely N-dealkylation sites (tertiary alicyclic amines) is 1. The van der Waals surface area contributed by atoms with E-state index >= 15 is 0 Å². The van der Waals surface area contributed by atoms with Crippen molar-refractivity contribution in [2.45, 2.75) is 39.3 Å². The Kier molecular flexibility index (Phi) is 5.48. The number of carbonyl (C=O) groups is 1. The highest BCUT2D eigenvalue weighted by Gasteiger charge is 2.10. The number of carbonyl (C=O) groups excluding carboxylic acids is 1. The molecule has 6 heteroatoms. The van der Waals surface area contributed by atoms with E-state index in [-0.39, 0.29) is 6.03 Å². The van der Waals surface area contributed by atoms with Crippen molar-refractivity contribution in [1.29, 1.82) is 0 Å². The average molecular weight is 328 g/mol. The first-order chi connectivity index (χ1) is 11.7. The highest BCUT2D eigenvalue weighted by atomic mass is 16.5. The molecule has 2 aromatic rings. The Hall–Kier alpha value is -2.34. The zero-order valence-corrected chi connectivity index (χ0v) is 14.0. The van der Waals surface area contributed by atoms with Gasteiger partial charge in [0.25, 0.3) is 0 Å². The third-order valence-corrected chi connectivity index (χ3v) is 4.20. The predicted molar refractivity (Wildman–Crippen MR) is 92.7 cm³/mol. The van der Waals surface area contributed by atoms with Crippen molar-refractivity contribution in [3.8, 4) is 0 Å². The van der Waals surface area contributed by atoms with Crippen LogP contribution < -0.4 is 10.6 Å². The van der Waals surface area contributed by atoms with Crippen molar-refractivity contribution >= 4 is 11.8 Å². The highest BCUT2D eigenvalue weighted by molar-refractivity contribution is 5.88. The second kappa shape index (κ2) is 7.97. The van der Waals surface area contributed by atoms with E-state index in [4.69, 9.17) is 4.52 Å². The molecule has 1 aromatic carbocycles. The van der Waals surface area contributed by atoms with Crippen LogP contribution in [0.5, 0.6) is 0 Å². The number of rotatable bonds is 5. The summed E-state index contributed by atoms with van der Waals surface area (Å²) in [6.07, 6.45) is 3.97. The first-order valence-corrected chi connectivity index (χ1v) is 8.47. The van der Waals surface area contributed by atoms with Crippen LogP contribution in [0.2, 0.25) is 0 Å². The van der Waals surface area contributed by atoms with Gasteiger partial charge in [-0.25, -0.2) is 4.79 Å². The van der Waals surface area contributed by atoms with Crippen molar-refractivity contribution in [2.75, 3.05) is 18.4 Å². The molecule has 24 heavy (non-hydrogen) atoms. The molecule has 1 aliphatic heterocycles. The zero-order chi connectivity index (χ0) is 16.8. The molecule has 0 unspecified atom stereocenters. The van der Waals surface area contributed by atoms with Gasteiger partial charge in [-0.2, -0.15) is 0 Å². The zero-order valence-electron chi connectivity index (χ0n) is 14.0. The maximum Gasteiger partial charge on any atom is 0.320 e. The van der Waals surface area contributed by atoms with Gasteiger partial charge in [0.15, 0.2) is 5.82 Å². The number of amides is 2. The fourth-order valence-corrected chi connectivity index (χ4v) is 2.91. The minimum Gasteiger partial charge on any atom is -0.360 e. The Morgan fingerprint density at radius 1 is 1.17 bits per heavy atom. The Morgan fingerprint density at radius 2 is 1.88 bits per heavy atom. The van der Waals surface area contributed by atoms with E-state index in [1.54, 1.807) is 13.0 Å². The normalized spacial score (nSPS) is 15.2. The number of aromatic nitrogens is 1. The van der Waals surface area contributed by atoms with E-state index in [2.05, 4.69) is 45.0 Å². The molecule has 0 atom stereocenters. The summed E-state index contributed by atoms with van der Waals surface area (Å²) < 4.78 is 4.91. The van der Waals surface area contributed by atoms with Gasteiger partial charge >= 0.3 is 6.03 Å². The van der Waals surface area contributed by atoms with E-state index in [0.29, 0.717) is 18.1 Å². The molecule has 1 saturated heterocycles. The van der Waals surface area contributed by atoms with Crippen LogP contribution in [0.3, 0.4) is 0 Å². The summed E-state index contributed by atoms with van der Waals surface area (Å²) >= 11 is 0. The number of piperidine rings is 1. The van der Waals surface area contributed by atoms with Crippen LogP contribution in [0.4, 0.5) is 10.6 Å². The third-order valence-electron chi connectivity index (χ3n) is 4.20. The lowest BCUT2D eigenvalue weighted by molar-refractivity contribution is 0.221. The van der Waals surface area contributed by atoms with E-state index in [1.807, 2.05) is 0 Å². The molecule has 1 aromatic heterocycles. The molecular weight excluding hydrogens is 304 g/mol. The van der Waals surface area contributed by atoms with Gasteiger partial charge < -0.3 is 9.84 Å². The Balaban J connectivity index is 1.44. The smallest absolute Gasteiger partial charge is 0.320 e. The predicted octanol–water partition coefficient (Wildman–Crippen LogP) is 3.29. The molecule has 0 saturated carbocycles. The van der Waals surface area contributed by atoms with Crippen molar-refractivity contribution in [3.63, 3.8) is 0 Å². The molecular formula is C18H24N4O2. The maximum atomic E-state index is 11.8. The molecule has 2 N–H and O–H groups in total. The van der Waals surface area contributed by atoms with Gasteiger partial charge in [0, 0.05) is 19.2 Å². The second-order valence-electron chi connectivity index (χ2n) is 6.28. The van der Waals surface area contributed by atoms with E-state index < -0.39 is 0 Å². The molecule has 3 rings (SSSR count). The van der Waals surface area contributed by atoms with Crippen LogP contribution in [0.1, 0.15) is 36.1 Å².